The number of hydrogen-bond donors (Lipinski definition) is 1. The normalized spacial score (nSPS) is 25.1. The van der Waals surface area contributed by atoms with E-state index < -0.39 is 0 Å². The Balaban J connectivity index is 0.00000361. The summed E-state index contributed by atoms with van der Waals surface area (Å²) in [5.41, 5.74) is 0. The third-order valence-electron chi connectivity index (χ3n) is 4.15. The van der Waals surface area contributed by atoms with Crippen LogP contribution in [0.3, 0.4) is 0 Å². The SMILES string of the molecule is C[C-](C)CCCC(C)CC(C)(S)[C-]1COCC(C)C1.[Y]. The van der Waals surface area contributed by atoms with Crippen molar-refractivity contribution in [3.05, 3.63) is 11.8 Å². The zero-order valence-electron chi connectivity index (χ0n) is 14.0. The van der Waals surface area contributed by atoms with E-state index in [1.165, 1.54) is 38.0 Å². The van der Waals surface area contributed by atoms with E-state index in [-0.39, 0.29) is 37.5 Å². The van der Waals surface area contributed by atoms with Gasteiger partial charge in [0.2, 0.25) is 0 Å². The Kier molecular flexibility index (Phi) is 11.0. The van der Waals surface area contributed by atoms with Gasteiger partial charge >= 0.3 is 0 Å². The largest absolute Gasteiger partial charge is 0.413 e. The van der Waals surface area contributed by atoms with E-state index in [1.807, 2.05) is 0 Å². The first-order chi connectivity index (χ1) is 8.81. The van der Waals surface area contributed by atoms with Crippen molar-refractivity contribution in [2.24, 2.45) is 11.8 Å². The molecule has 0 bridgehead atoms. The molecule has 20 heavy (non-hydrogen) atoms. The molecule has 1 saturated heterocycles. The van der Waals surface area contributed by atoms with Crippen molar-refractivity contribution < 1.29 is 37.4 Å². The van der Waals surface area contributed by atoms with Crippen molar-refractivity contribution in [1.29, 1.82) is 0 Å². The summed E-state index contributed by atoms with van der Waals surface area (Å²) in [6.45, 7) is 13.1. The average molecular weight is 373 g/mol. The van der Waals surface area contributed by atoms with Gasteiger partial charge in [-0.05, 0) is 11.8 Å². The fourth-order valence-corrected chi connectivity index (χ4v) is 3.49. The summed E-state index contributed by atoms with van der Waals surface area (Å²) in [4.78, 5) is 0. The molecule has 3 atom stereocenters. The molecule has 0 saturated carbocycles. The second kappa shape index (κ2) is 10.2. The molecule has 1 rings (SSSR count). The Morgan fingerprint density at radius 3 is 2.65 bits per heavy atom. The molecule has 0 aliphatic carbocycles. The molecule has 1 nitrogen and oxygen atoms in total. The molecular weight excluding hydrogens is 341 g/mol. The molecule has 0 aromatic carbocycles. The molecule has 0 spiro atoms. The van der Waals surface area contributed by atoms with Crippen molar-refractivity contribution in [2.75, 3.05) is 13.2 Å². The number of thiol groups is 1. The molecule has 0 N–H and O–H groups in total. The van der Waals surface area contributed by atoms with Crippen molar-refractivity contribution in [1.82, 2.24) is 0 Å². The minimum atomic E-state index is 0. The minimum absolute atomic E-state index is 0. The summed E-state index contributed by atoms with van der Waals surface area (Å²) in [5.74, 6) is 4.44. The Labute approximate surface area is 157 Å². The summed E-state index contributed by atoms with van der Waals surface area (Å²) >= 11 is 4.95. The van der Waals surface area contributed by atoms with E-state index in [0.717, 1.165) is 19.1 Å². The van der Waals surface area contributed by atoms with Gasteiger partial charge in [-0.25, -0.2) is 12.6 Å². The minimum Gasteiger partial charge on any atom is -0.413 e. The van der Waals surface area contributed by atoms with E-state index in [2.05, 4.69) is 34.6 Å². The molecule has 0 aromatic heterocycles. The predicted octanol–water partition coefficient (Wildman–Crippen LogP) is 5.11. The second-order valence-electron chi connectivity index (χ2n) is 7.11. The van der Waals surface area contributed by atoms with E-state index in [4.69, 9.17) is 17.4 Å². The van der Waals surface area contributed by atoms with Crippen LogP contribution in [0.5, 0.6) is 0 Å². The standard InChI is InChI=1S/C17H32OS.Y/c1-13(2)7-6-8-14(3)10-17(5,19)16-9-15(4)11-18-12-16;/h14-15,19H,6-12H2,1-5H3;/q-2;. The van der Waals surface area contributed by atoms with Gasteiger partial charge in [0, 0.05) is 39.3 Å². The van der Waals surface area contributed by atoms with Crippen LogP contribution >= 0.6 is 12.6 Å². The summed E-state index contributed by atoms with van der Waals surface area (Å²) in [7, 11) is 0. The van der Waals surface area contributed by atoms with Crippen LogP contribution in [0.4, 0.5) is 0 Å². The maximum Gasteiger partial charge on any atom is 0.0432 e. The third kappa shape index (κ3) is 8.15. The van der Waals surface area contributed by atoms with E-state index in [0.29, 0.717) is 5.92 Å². The predicted molar refractivity (Wildman–Crippen MR) is 87.5 cm³/mol. The van der Waals surface area contributed by atoms with Crippen molar-refractivity contribution >= 4 is 12.6 Å². The van der Waals surface area contributed by atoms with E-state index in [1.54, 1.807) is 5.92 Å². The average Bonchev–Trinajstić information content (AvgIpc) is 2.27. The van der Waals surface area contributed by atoms with Gasteiger partial charge < -0.3 is 10.7 Å². The van der Waals surface area contributed by atoms with Gasteiger partial charge in [-0.2, -0.15) is 26.7 Å². The molecule has 0 amide bonds. The van der Waals surface area contributed by atoms with Crippen molar-refractivity contribution in [3.8, 4) is 0 Å². The maximum atomic E-state index is 5.69. The monoisotopic (exact) mass is 373 g/mol. The molecule has 1 radical (unpaired) electrons. The molecule has 1 aliphatic heterocycles. The molecular formula is C17H32OSY-2. The first kappa shape index (κ1) is 21.4. The van der Waals surface area contributed by atoms with Gasteiger partial charge in [-0.3, -0.25) is 5.92 Å². The number of rotatable bonds is 7. The molecule has 3 unspecified atom stereocenters. The van der Waals surface area contributed by atoms with Gasteiger partial charge in [0.1, 0.15) is 0 Å². The summed E-state index contributed by atoms with van der Waals surface area (Å²) in [5, 5.41) is 0. The van der Waals surface area contributed by atoms with Crippen LogP contribution in [0, 0.1) is 23.7 Å². The van der Waals surface area contributed by atoms with Crippen LogP contribution in [-0.4, -0.2) is 18.0 Å². The smallest absolute Gasteiger partial charge is 0.0432 e. The van der Waals surface area contributed by atoms with Crippen LogP contribution in [0.25, 0.3) is 0 Å². The van der Waals surface area contributed by atoms with E-state index in [9.17, 15) is 0 Å². The number of hydrogen-bond acceptors (Lipinski definition) is 2. The van der Waals surface area contributed by atoms with Crippen LogP contribution < -0.4 is 0 Å². The van der Waals surface area contributed by atoms with Crippen molar-refractivity contribution in [3.63, 3.8) is 0 Å². The maximum absolute atomic E-state index is 5.69. The summed E-state index contributed by atoms with van der Waals surface area (Å²) in [6.07, 6.45) is 6.25. The zero-order chi connectivity index (χ0) is 14.5. The Hall–Kier alpha value is 1.41. The van der Waals surface area contributed by atoms with Crippen LogP contribution in [0.15, 0.2) is 0 Å². The van der Waals surface area contributed by atoms with E-state index >= 15 is 0 Å². The molecule has 1 heterocycles. The third-order valence-corrected chi connectivity index (χ3v) is 4.65. The fourth-order valence-electron chi connectivity index (χ4n) is 3.03. The first-order valence-corrected chi connectivity index (χ1v) is 8.20. The van der Waals surface area contributed by atoms with Crippen LogP contribution in [-0.2, 0) is 37.4 Å². The molecule has 3 heteroatoms. The quantitative estimate of drug-likeness (QED) is 0.482. The topological polar surface area (TPSA) is 9.23 Å². The van der Waals surface area contributed by atoms with Gasteiger partial charge in [-0.15, -0.1) is 4.75 Å². The molecule has 1 aliphatic rings. The first-order valence-electron chi connectivity index (χ1n) is 7.75. The molecule has 117 valence electrons. The van der Waals surface area contributed by atoms with Gasteiger partial charge in [0.25, 0.3) is 0 Å². The van der Waals surface area contributed by atoms with Crippen molar-refractivity contribution in [2.45, 2.75) is 71.5 Å². The second-order valence-corrected chi connectivity index (χ2v) is 8.10. The van der Waals surface area contributed by atoms with Gasteiger partial charge in [0.05, 0.1) is 0 Å². The summed E-state index contributed by atoms with van der Waals surface area (Å²) < 4.78 is 5.73. The summed E-state index contributed by atoms with van der Waals surface area (Å²) in [6, 6.07) is 0. The Morgan fingerprint density at radius 2 is 2.10 bits per heavy atom. The fraction of sp³-hybridized carbons (Fsp3) is 0.882. The van der Waals surface area contributed by atoms with Gasteiger partial charge in [-0.1, -0.05) is 46.6 Å². The zero-order valence-corrected chi connectivity index (χ0v) is 17.8. The Bertz CT molecular complexity index is 255. The van der Waals surface area contributed by atoms with Crippen LogP contribution in [0.2, 0.25) is 0 Å². The Morgan fingerprint density at radius 1 is 1.45 bits per heavy atom. The van der Waals surface area contributed by atoms with Crippen LogP contribution in [0.1, 0.15) is 66.7 Å². The van der Waals surface area contributed by atoms with Gasteiger partial charge in [0.15, 0.2) is 0 Å². The molecule has 0 aromatic rings. The molecule has 1 fully saturated rings. The number of ether oxygens (including phenoxy) is 1.